The molecule has 1 saturated heterocycles. The van der Waals surface area contributed by atoms with Crippen molar-refractivity contribution in [2.45, 2.75) is 39.7 Å². The van der Waals surface area contributed by atoms with Crippen molar-refractivity contribution in [1.82, 2.24) is 0 Å². The molecule has 11 heavy (non-hydrogen) atoms. The van der Waals surface area contributed by atoms with Gasteiger partial charge in [0.15, 0.2) is 0 Å². The summed E-state index contributed by atoms with van der Waals surface area (Å²) in [6.45, 7) is 7.94. The molecule has 1 nitrogen and oxygen atoms in total. The Labute approximate surface area is 69.1 Å². The summed E-state index contributed by atoms with van der Waals surface area (Å²) in [6, 6.07) is 0. The summed E-state index contributed by atoms with van der Waals surface area (Å²) in [5, 5.41) is 0. The first-order valence-corrected chi connectivity index (χ1v) is 4.78. The lowest BCUT2D eigenvalue weighted by atomic mass is 9.84. The molecule has 2 rings (SSSR count). The highest BCUT2D eigenvalue weighted by Crippen LogP contribution is 2.64. The zero-order chi connectivity index (χ0) is 8.06. The van der Waals surface area contributed by atoms with Gasteiger partial charge in [0.2, 0.25) is 0 Å². The number of rotatable bonds is 1. The average molecular weight is 154 g/mol. The predicted octanol–water partition coefficient (Wildman–Crippen LogP) is 2.46. The summed E-state index contributed by atoms with van der Waals surface area (Å²) in [7, 11) is 0. The van der Waals surface area contributed by atoms with E-state index in [-0.39, 0.29) is 0 Å². The summed E-state index contributed by atoms with van der Waals surface area (Å²) in [5.41, 5.74) is 0.692. The Morgan fingerprint density at radius 2 is 2.18 bits per heavy atom. The van der Waals surface area contributed by atoms with E-state index in [0.717, 1.165) is 18.4 Å². The van der Waals surface area contributed by atoms with Gasteiger partial charge in [0.25, 0.3) is 0 Å². The molecule has 0 amide bonds. The fraction of sp³-hybridized carbons (Fsp3) is 1.00. The number of ether oxygens (including phenoxy) is 1. The fourth-order valence-corrected chi connectivity index (χ4v) is 2.77. The van der Waals surface area contributed by atoms with Gasteiger partial charge in [-0.3, -0.25) is 0 Å². The Morgan fingerprint density at radius 1 is 1.45 bits per heavy atom. The van der Waals surface area contributed by atoms with Gasteiger partial charge in [-0.15, -0.1) is 0 Å². The van der Waals surface area contributed by atoms with Crippen LogP contribution in [0.15, 0.2) is 0 Å². The van der Waals surface area contributed by atoms with Crippen LogP contribution >= 0.6 is 0 Å². The standard InChI is InChI=1S/C10H18O/c1-7(2)10-4-5-11-8(3)9(10)6-10/h7-9H,4-6H2,1-3H3/t8-,9-,10-/m0/s1. The van der Waals surface area contributed by atoms with Crippen LogP contribution < -0.4 is 0 Å². The number of hydrogen-bond donors (Lipinski definition) is 0. The van der Waals surface area contributed by atoms with Crippen LogP contribution in [0.4, 0.5) is 0 Å². The molecule has 1 saturated carbocycles. The quantitative estimate of drug-likeness (QED) is 0.563. The summed E-state index contributed by atoms with van der Waals surface area (Å²) >= 11 is 0. The summed E-state index contributed by atoms with van der Waals surface area (Å²) < 4.78 is 5.61. The van der Waals surface area contributed by atoms with Crippen molar-refractivity contribution >= 4 is 0 Å². The van der Waals surface area contributed by atoms with Gasteiger partial charge in [-0.25, -0.2) is 0 Å². The number of hydrogen-bond acceptors (Lipinski definition) is 1. The molecule has 0 aromatic heterocycles. The maximum absolute atomic E-state index is 5.61. The summed E-state index contributed by atoms with van der Waals surface area (Å²) in [5.74, 6) is 1.75. The van der Waals surface area contributed by atoms with Gasteiger partial charge < -0.3 is 4.74 Å². The minimum atomic E-state index is 0.533. The van der Waals surface area contributed by atoms with Crippen molar-refractivity contribution < 1.29 is 4.74 Å². The Kier molecular flexibility index (Phi) is 1.54. The monoisotopic (exact) mass is 154 g/mol. The average Bonchev–Trinajstić information content (AvgIpc) is 2.64. The van der Waals surface area contributed by atoms with Crippen LogP contribution in [0.25, 0.3) is 0 Å². The van der Waals surface area contributed by atoms with Gasteiger partial charge in [0.1, 0.15) is 0 Å². The molecular formula is C10H18O. The molecule has 3 atom stereocenters. The van der Waals surface area contributed by atoms with E-state index in [1.807, 2.05) is 0 Å². The maximum atomic E-state index is 5.61. The van der Waals surface area contributed by atoms with E-state index in [1.165, 1.54) is 12.8 Å². The van der Waals surface area contributed by atoms with E-state index < -0.39 is 0 Å². The normalized spacial score (nSPS) is 49.1. The second-order valence-corrected chi connectivity index (χ2v) is 4.52. The first-order chi connectivity index (χ1) is 5.17. The van der Waals surface area contributed by atoms with Crippen LogP contribution in [0, 0.1) is 17.3 Å². The molecule has 0 radical (unpaired) electrons. The van der Waals surface area contributed by atoms with Crippen molar-refractivity contribution in [1.29, 1.82) is 0 Å². The van der Waals surface area contributed by atoms with Crippen molar-refractivity contribution in [3.05, 3.63) is 0 Å². The molecule has 0 aromatic rings. The molecule has 1 heteroatoms. The fourth-order valence-electron chi connectivity index (χ4n) is 2.77. The Bertz CT molecular complexity index is 164. The van der Waals surface area contributed by atoms with Gasteiger partial charge in [-0.2, -0.15) is 0 Å². The highest BCUT2D eigenvalue weighted by atomic mass is 16.5. The van der Waals surface area contributed by atoms with Gasteiger partial charge >= 0.3 is 0 Å². The Hall–Kier alpha value is -0.0400. The molecule has 2 fully saturated rings. The predicted molar refractivity (Wildman–Crippen MR) is 45.4 cm³/mol. The van der Waals surface area contributed by atoms with E-state index in [1.54, 1.807) is 0 Å². The molecule has 0 N–H and O–H groups in total. The lowest BCUT2D eigenvalue weighted by Crippen LogP contribution is -2.28. The molecule has 2 aliphatic rings. The van der Waals surface area contributed by atoms with Crippen LogP contribution in [0.2, 0.25) is 0 Å². The van der Waals surface area contributed by atoms with E-state index in [0.29, 0.717) is 11.5 Å². The lowest BCUT2D eigenvalue weighted by molar-refractivity contribution is -0.0133. The highest BCUT2D eigenvalue weighted by Gasteiger charge is 2.59. The zero-order valence-corrected chi connectivity index (χ0v) is 7.76. The van der Waals surface area contributed by atoms with Gasteiger partial charge in [0.05, 0.1) is 6.10 Å². The zero-order valence-electron chi connectivity index (χ0n) is 7.76. The second kappa shape index (κ2) is 2.22. The van der Waals surface area contributed by atoms with E-state index >= 15 is 0 Å². The number of fused-ring (bicyclic) bond motifs is 1. The topological polar surface area (TPSA) is 9.23 Å². The van der Waals surface area contributed by atoms with Crippen LogP contribution in [-0.2, 0) is 4.74 Å². The third kappa shape index (κ3) is 0.936. The molecular weight excluding hydrogens is 136 g/mol. The van der Waals surface area contributed by atoms with Crippen LogP contribution in [0.1, 0.15) is 33.6 Å². The van der Waals surface area contributed by atoms with E-state index in [4.69, 9.17) is 4.74 Å². The van der Waals surface area contributed by atoms with E-state index in [9.17, 15) is 0 Å². The Morgan fingerprint density at radius 3 is 2.73 bits per heavy atom. The molecule has 0 bridgehead atoms. The molecule has 1 aliphatic carbocycles. The minimum Gasteiger partial charge on any atom is -0.378 e. The lowest BCUT2D eigenvalue weighted by Gasteiger charge is -2.29. The highest BCUT2D eigenvalue weighted by molar-refractivity contribution is 5.08. The maximum Gasteiger partial charge on any atom is 0.0580 e. The van der Waals surface area contributed by atoms with Gasteiger partial charge in [0, 0.05) is 6.61 Å². The molecule has 1 aliphatic heterocycles. The SMILES string of the molecule is CC(C)[C@@]12CCO[C@@H](C)[C@@H]1C2. The van der Waals surface area contributed by atoms with Crippen molar-refractivity contribution in [3.8, 4) is 0 Å². The third-order valence-electron chi connectivity index (χ3n) is 3.84. The van der Waals surface area contributed by atoms with Crippen LogP contribution in [0.3, 0.4) is 0 Å². The van der Waals surface area contributed by atoms with Gasteiger partial charge in [-0.05, 0) is 37.0 Å². The first-order valence-electron chi connectivity index (χ1n) is 4.78. The van der Waals surface area contributed by atoms with Gasteiger partial charge in [-0.1, -0.05) is 13.8 Å². The van der Waals surface area contributed by atoms with Crippen LogP contribution in [-0.4, -0.2) is 12.7 Å². The van der Waals surface area contributed by atoms with E-state index in [2.05, 4.69) is 20.8 Å². The molecule has 0 aromatic carbocycles. The molecule has 1 heterocycles. The van der Waals surface area contributed by atoms with Crippen molar-refractivity contribution in [3.63, 3.8) is 0 Å². The Balaban J connectivity index is 2.09. The van der Waals surface area contributed by atoms with Crippen molar-refractivity contribution in [2.24, 2.45) is 17.3 Å². The summed E-state index contributed by atoms with van der Waals surface area (Å²) in [4.78, 5) is 0. The van der Waals surface area contributed by atoms with Crippen LogP contribution in [0.5, 0.6) is 0 Å². The molecule has 64 valence electrons. The van der Waals surface area contributed by atoms with Crippen molar-refractivity contribution in [2.75, 3.05) is 6.61 Å². The second-order valence-electron chi connectivity index (χ2n) is 4.52. The minimum absolute atomic E-state index is 0.533. The summed E-state index contributed by atoms with van der Waals surface area (Å²) in [6.07, 6.45) is 3.26. The molecule has 0 unspecified atom stereocenters. The molecule has 0 spiro atoms. The third-order valence-corrected chi connectivity index (χ3v) is 3.84. The smallest absolute Gasteiger partial charge is 0.0580 e. The largest absolute Gasteiger partial charge is 0.378 e. The first kappa shape index (κ1) is 7.60.